The molecule has 0 aromatic rings. The van der Waals surface area contributed by atoms with Gasteiger partial charge < -0.3 is 9.47 Å². The second kappa shape index (κ2) is 10.6. The van der Waals surface area contributed by atoms with Crippen molar-refractivity contribution in [3.63, 3.8) is 0 Å². The van der Waals surface area contributed by atoms with Crippen molar-refractivity contribution in [3.8, 4) is 0 Å². The maximum absolute atomic E-state index is 5.66. The number of epoxide rings is 2. The molecular weight excluding hydrogens is 284 g/mol. The molecular formula is C21H32O2. The van der Waals surface area contributed by atoms with Gasteiger partial charge in [0.05, 0.1) is 24.4 Å². The van der Waals surface area contributed by atoms with Gasteiger partial charge in [-0.1, -0.05) is 49.5 Å². The predicted octanol–water partition coefficient (Wildman–Crippen LogP) is 5.52. The molecule has 2 aliphatic heterocycles. The van der Waals surface area contributed by atoms with E-state index in [1.54, 1.807) is 0 Å². The summed E-state index contributed by atoms with van der Waals surface area (Å²) in [4.78, 5) is 0. The zero-order valence-electron chi connectivity index (χ0n) is 14.5. The number of hydrogen-bond acceptors (Lipinski definition) is 2. The third-order valence-electron chi connectivity index (χ3n) is 4.39. The van der Waals surface area contributed by atoms with E-state index < -0.39 is 0 Å². The van der Waals surface area contributed by atoms with Crippen molar-refractivity contribution in [2.24, 2.45) is 0 Å². The van der Waals surface area contributed by atoms with E-state index in [1.165, 1.54) is 12.8 Å². The van der Waals surface area contributed by atoms with Gasteiger partial charge in [-0.05, 0) is 51.4 Å². The predicted molar refractivity (Wildman–Crippen MR) is 97.5 cm³/mol. The average Bonchev–Trinajstić information content (AvgIpc) is 3.45. The summed E-state index contributed by atoms with van der Waals surface area (Å²) >= 11 is 0. The zero-order valence-corrected chi connectivity index (χ0v) is 14.5. The minimum absolute atomic E-state index is 0.452. The smallest absolute Gasteiger partial charge is 0.0879 e. The Balaban J connectivity index is 1.42. The summed E-state index contributed by atoms with van der Waals surface area (Å²) in [5.41, 5.74) is 0. The molecule has 0 amide bonds. The summed E-state index contributed by atoms with van der Waals surface area (Å²) in [6.45, 7) is 5.91. The van der Waals surface area contributed by atoms with Gasteiger partial charge >= 0.3 is 0 Å². The standard InChI is InChI=1S/C21H32O2/c1-3-5-10-14-18-20(22-18)16-12-8-7-9-13-17-21-19(23-21)15-11-6-4-2/h3,6,8-9,11-13,18-21H,1,4-5,7,10,14-17H2,2H3/b11-6-,12-8-,13-9-. The first-order chi connectivity index (χ1) is 11.3. The first-order valence-corrected chi connectivity index (χ1v) is 9.22. The lowest BCUT2D eigenvalue weighted by Crippen LogP contribution is -1.92. The monoisotopic (exact) mass is 316 g/mol. The summed E-state index contributed by atoms with van der Waals surface area (Å²) in [6, 6.07) is 0. The number of unbranched alkanes of at least 4 members (excludes halogenated alkanes) is 1. The van der Waals surface area contributed by atoms with Crippen molar-refractivity contribution >= 4 is 0 Å². The maximum Gasteiger partial charge on any atom is 0.0879 e. The zero-order chi connectivity index (χ0) is 16.3. The van der Waals surface area contributed by atoms with Crippen molar-refractivity contribution in [2.45, 2.75) is 82.7 Å². The minimum atomic E-state index is 0.452. The van der Waals surface area contributed by atoms with Crippen LogP contribution in [0.3, 0.4) is 0 Å². The Morgan fingerprint density at radius 2 is 1.35 bits per heavy atom. The van der Waals surface area contributed by atoms with Gasteiger partial charge in [0.1, 0.15) is 0 Å². The first kappa shape index (κ1) is 18.2. The Labute approximate surface area is 141 Å². The highest BCUT2D eigenvalue weighted by Crippen LogP contribution is 2.30. The normalized spacial score (nSPS) is 29.8. The highest BCUT2D eigenvalue weighted by Gasteiger charge is 2.36. The van der Waals surface area contributed by atoms with Gasteiger partial charge in [0.25, 0.3) is 0 Å². The van der Waals surface area contributed by atoms with Crippen molar-refractivity contribution in [1.29, 1.82) is 0 Å². The molecule has 2 fully saturated rings. The number of hydrogen-bond donors (Lipinski definition) is 0. The quantitative estimate of drug-likeness (QED) is 0.254. The van der Waals surface area contributed by atoms with E-state index in [4.69, 9.17) is 9.47 Å². The molecule has 2 heteroatoms. The van der Waals surface area contributed by atoms with Crippen LogP contribution in [-0.2, 0) is 9.47 Å². The number of ether oxygens (including phenoxy) is 2. The molecule has 2 heterocycles. The molecule has 2 aliphatic rings. The Kier molecular flexibility index (Phi) is 8.41. The molecule has 0 saturated carbocycles. The third-order valence-corrected chi connectivity index (χ3v) is 4.39. The van der Waals surface area contributed by atoms with Gasteiger partial charge in [0.2, 0.25) is 0 Å². The third kappa shape index (κ3) is 7.81. The topological polar surface area (TPSA) is 25.1 Å². The van der Waals surface area contributed by atoms with Crippen molar-refractivity contribution in [2.75, 3.05) is 0 Å². The molecule has 2 saturated heterocycles. The molecule has 23 heavy (non-hydrogen) atoms. The van der Waals surface area contributed by atoms with E-state index in [0.717, 1.165) is 38.5 Å². The summed E-state index contributed by atoms with van der Waals surface area (Å²) in [5.74, 6) is 0. The molecule has 2 rings (SSSR count). The summed E-state index contributed by atoms with van der Waals surface area (Å²) in [6.07, 6.45) is 26.1. The largest absolute Gasteiger partial charge is 0.369 e. The SMILES string of the molecule is C=CCCCC1OC1C/C=C\C/C=C\CC1OC1C/C=C\CC. The Morgan fingerprint density at radius 1 is 0.783 bits per heavy atom. The van der Waals surface area contributed by atoms with Gasteiger partial charge in [-0.25, -0.2) is 0 Å². The van der Waals surface area contributed by atoms with E-state index in [-0.39, 0.29) is 0 Å². The molecule has 0 aromatic heterocycles. The lowest BCUT2D eigenvalue weighted by molar-refractivity contribution is 0.361. The van der Waals surface area contributed by atoms with Crippen LogP contribution in [0.25, 0.3) is 0 Å². The summed E-state index contributed by atoms with van der Waals surface area (Å²) < 4.78 is 11.3. The van der Waals surface area contributed by atoms with Crippen LogP contribution in [0.15, 0.2) is 49.1 Å². The van der Waals surface area contributed by atoms with Gasteiger partial charge in [0.15, 0.2) is 0 Å². The van der Waals surface area contributed by atoms with E-state index >= 15 is 0 Å². The van der Waals surface area contributed by atoms with Gasteiger partial charge in [0, 0.05) is 0 Å². The van der Waals surface area contributed by atoms with E-state index in [1.807, 2.05) is 6.08 Å². The van der Waals surface area contributed by atoms with Crippen LogP contribution in [0.2, 0.25) is 0 Å². The van der Waals surface area contributed by atoms with E-state index in [2.05, 4.69) is 50.0 Å². The fourth-order valence-corrected chi connectivity index (χ4v) is 2.83. The Hall–Kier alpha value is -1.12. The van der Waals surface area contributed by atoms with Crippen LogP contribution in [-0.4, -0.2) is 24.4 Å². The average molecular weight is 316 g/mol. The second-order valence-corrected chi connectivity index (χ2v) is 6.41. The number of rotatable bonds is 13. The van der Waals surface area contributed by atoms with Crippen LogP contribution in [0.4, 0.5) is 0 Å². The van der Waals surface area contributed by atoms with Crippen LogP contribution in [0.1, 0.15) is 58.3 Å². The lowest BCUT2D eigenvalue weighted by atomic mass is 10.1. The van der Waals surface area contributed by atoms with Crippen LogP contribution >= 0.6 is 0 Å². The van der Waals surface area contributed by atoms with E-state index in [0.29, 0.717) is 24.4 Å². The van der Waals surface area contributed by atoms with Crippen molar-refractivity contribution < 1.29 is 9.47 Å². The summed E-state index contributed by atoms with van der Waals surface area (Å²) in [7, 11) is 0. The molecule has 0 radical (unpaired) electrons. The van der Waals surface area contributed by atoms with Gasteiger partial charge in [-0.3, -0.25) is 0 Å². The van der Waals surface area contributed by atoms with Crippen LogP contribution < -0.4 is 0 Å². The molecule has 0 aliphatic carbocycles. The molecule has 2 nitrogen and oxygen atoms in total. The number of allylic oxidation sites excluding steroid dienone is 4. The van der Waals surface area contributed by atoms with Crippen molar-refractivity contribution in [3.05, 3.63) is 49.1 Å². The Morgan fingerprint density at radius 3 is 1.96 bits per heavy atom. The van der Waals surface area contributed by atoms with Crippen molar-refractivity contribution in [1.82, 2.24) is 0 Å². The second-order valence-electron chi connectivity index (χ2n) is 6.41. The van der Waals surface area contributed by atoms with Gasteiger partial charge in [-0.15, -0.1) is 6.58 Å². The molecule has 4 unspecified atom stereocenters. The molecule has 0 bridgehead atoms. The summed E-state index contributed by atoms with van der Waals surface area (Å²) in [5, 5.41) is 0. The fourth-order valence-electron chi connectivity index (χ4n) is 2.83. The van der Waals surface area contributed by atoms with Crippen LogP contribution in [0, 0.1) is 0 Å². The molecule has 4 atom stereocenters. The van der Waals surface area contributed by atoms with Crippen LogP contribution in [0.5, 0.6) is 0 Å². The molecule has 0 N–H and O–H groups in total. The van der Waals surface area contributed by atoms with Gasteiger partial charge in [-0.2, -0.15) is 0 Å². The first-order valence-electron chi connectivity index (χ1n) is 9.22. The highest BCUT2D eigenvalue weighted by molar-refractivity contribution is 5.01. The minimum Gasteiger partial charge on any atom is -0.369 e. The molecule has 0 aromatic carbocycles. The maximum atomic E-state index is 5.66. The highest BCUT2D eigenvalue weighted by atomic mass is 16.6. The Bertz CT molecular complexity index is 422. The van der Waals surface area contributed by atoms with E-state index in [9.17, 15) is 0 Å². The lowest BCUT2D eigenvalue weighted by Gasteiger charge is -1.91. The molecule has 0 spiro atoms. The fraction of sp³-hybridized carbons (Fsp3) is 0.619. The molecule has 128 valence electrons.